The van der Waals surface area contributed by atoms with Crippen molar-refractivity contribution in [2.24, 2.45) is 0 Å². The Kier molecular flexibility index (Phi) is 6.01. The summed E-state index contributed by atoms with van der Waals surface area (Å²) in [5.74, 6) is -0.605. The number of methoxy groups -OCH3 is 1. The molecule has 0 aliphatic carbocycles. The van der Waals surface area contributed by atoms with E-state index >= 15 is 0 Å². The molecule has 2 aromatic rings. The molecule has 0 aliphatic heterocycles. The number of carbonyl (C=O) groups excluding carboxylic acids is 1. The highest BCUT2D eigenvalue weighted by atomic mass is 32.2. The van der Waals surface area contributed by atoms with Gasteiger partial charge in [0.15, 0.2) is 9.84 Å². The van der Waals surface area contributed by atoms with Crippen molar-refractivity contribution < 1.29 is 26.4 Å². The van der Waals surface area contributed by atoms with Crippen LogP contribution in [0.4, 0.5) is 5.69 Å². The number of hydrogen-bond donors (Lipinski definition) is 2. The first-order valence-corrected chi connectivity index (χ1v) is 10.7. The third-order valence-corrected chi connectivity index (χ3v) is 5.87. The molecule has 0 saturated heterocycles. The number of nitrogens with one attached hydrogen (secondary N) is 2. The molecule has 0 saturated carbocycles. The lowest BCUT2D eigenvalue weighted by atomic mass is 10.3. The largest absolute Gasteiger partial charge is 0.495 e. The molecule has 2 N–H and O–H groups in total. The Morgan fingerprint density at radius 1 is 1.04 bits per heavy atom. The SMILES string of the molecule is COc1ccc(S(C)(=O)=O)cc1S(=O)(=O)NCC(=O)Nc1ccccc1. The van der Waals surface area contributed by atoms with Gasteiger partial charge in [-0.3, -0.25) is 4.79 Å². The van der Waals surface area contributed by atoms with Gasteiger partial charge in [-0.2, -0.15) is 0 Å². The van der Waals surface area contributed by atoms with E-state index in [1.807, 2.05) is 0 Å². The van der Waals surface area contributed by atoms with E-state index in [1.165, 1.54) is 19.2 Å². The molecule has 0 aromatic heterocycles. The molecule has 0 radical (unpaired) electrons. The summed E-state index contributed by atoms with van der Waals surface area (Å²) in [5.41, 5.74) is 0.522. The Balaban J connectivity index is 2.20. The lowest BCUT2D eigenvalue weighted by Gasteiger charge is -2.12. The Morgan fingerprint density at radius 3 is 2.27 bits per heavy atom. The number of para-hydroxylation sites is 1. The van der Waals surface area contributed by atoms with Gasteiger partial charge in [0, 0.05) is 11.9 Å². The maximum atomic E-state index is 12.5. The first-order chi connectivity index (χ1) is 12.1. The van der Waals surface area contributed by atoms with Crippen molar-refractivity contribution in [3.8, 4) is 5.75 Å². The molecule has 0 spiro atoms. The second-order valence-corrected chi connectivity index (χ2v) is 9.07. The lowest BCUT2D eigenvalue weighted by Crippen LogP contribution is -2.33. The first kappa shape index (κ1) is 19.9. The predicted octanol–water partition coefficient (Wildman–Crippen LogP) is 1.02. The van der Waals surface area contributed by atoms with Crippen LogP contribution in [0, 0.1) is 0 Å². The van der Waals surface area contributed by atoms with Crippen molar-refractivity contribution >= 4 is 31.5 Å². The molecule has 0 unspecified atom stereocenters. The van der Waals surface area contributed by atoms with E-state index in [4.69, 9.17) is 4.74 Å². The van der Waals surface area contributed by atoms with Gasteiger partial charge in [-0.1, -0.05) is 18.2 Å². The van der Waals surface area contributed by atoms with Crippen LogP contribution >= 0.6 is 0 Å². The van der Waals surface area contributed by atoms with Gasteiger partial charge < -0.3 is 10.1 Å². The molecule has 0 heterocycles. The summed E-state index contributed by atoms with van der Waals surface area (Å²) in [6, 6.07) is 12.0. The van der Waals surface area contributed by atoms with Crippen molar-refractivity contribution in [3.63, 3.8) is 0 Å². The van der Waals surface area contributed by atoms with E-state index in [0.29, 0.717) is 5.69 Å². The molecular formula is C16H18N2O6S2. The van der Waals surface area contributed by atoms with Crippen LogP contribution < -0.4 is 14.8 Å². The number of hydrogen-bond acceptors (Lipinski definition) is 6. The highest BCUT2D eigenvalue weighted by Crippen LogP contribution is 2.26. The van der Waals surface area contributed by atoms with Gasteiger partial charge in [0.05, 0.1) is 18.6 Å². The van der Waals surface area contributed by atoms with E-state index in [1.54, 1.807) is 30.3 Å². The van der Waals surface area contributed by atoms with Gasteiger partial charge in [-0.15, -0.1) is 0 Å². The summed E-state index contributed by atoms with van der Waals surface area (Å²) in [4.78, 5) is 11.4. The monoisotopic (exact) mass is 398 g/mol. The van der Waals surface area contributed by atoms with Gasteiger partial charge >= 0.3 is 0 Å². The molecule has 0 aliphatic rings. The molecule has 1 amide bonds. The second kappa shape index (κ2) is 7.85. The number of ether oxygens (including phenoxy) is 1. The zero-order valence-corrected chi connectivity index (χ0v) is 15.7. The minimum atomic E-state index is -4.17. The average Bonchev–Trinajstić information content (AvgIpc) is 2.59. The van der Waals surface area contributed by atoms with Crippen molar-refractivity contribution in [1.29, 1.82) is 0 Å². The minimum absolute atomic E-state index is 0.0339. The minimum Gasteiger partial charge on any atom is -0.495 e. The third kappa shape index (κ3) is 5.04. The number of benzene rings is 2. The van der Waals surface area contributed by atoms with Crippen LogP contribution in [-0.2, 0) is 24.7 Å². The predicted molar refractivity (Wildman–Crippen MR) is 96.4 cm³/mol. The number of rotatable bonds is 7. The fourth-order valence-electron chi connectivity index (χ4n) is 2.06. The maximum absolute atomic E-state index is 12.5. The molecule has 140 valence electrons. The molecule has 2 rings (SSSR count). The van der Waals surface area contributed by atoms with E-state index in [9.17, 15) is 21.6 Å². The molecule has 8 nitrogen and oxygen atoms in total. The van der Waals surface area contributed by atoms with Crippen molar-refractivity contribution in [2.45, 2.75) is 9.79 Å². The van der Waals surface area contributed by atoms with Crippen LogP contribution in [0.2, 0.25) is 0 Å². The number of amides is 1. The molecule has 0 atom stereocenters. The van der Waals surface area contributed by atoms with Crippen LogP contribution in [0.15, 0.2) is 58.3 Å². The Morgan fingerprint density at radius 2 is 1.69 bits per heavy atom. The van der Waals surface area contributed by atoms with E-state index in [2.05, 4.69) is 10.0 Å². The summed E-state index contributed by atoms with van der Waals surface area (Å²) in [7, 11) is -6.52. The fourth-order valence-corrected chi connectivity index (χ4v) is 3.96. The summed E-state index contributed by atoms with van der Waals surface area (Å²) >= 11 is 0. The lowest BCUT2D eigenvalue weighted by molar-refractivity contribution is -0.115. The zero-order valence-electron chi connectivity index (χ0n) is 14.1. The van der Waals surface area contributed by atoms with Gasteiger partial charge in [0.2, 0.25) is 15.9 Å². The molecule has 2 aromatic carbocycles. The molecule has 26 heavy (non-hydrogen) atoms. The third-order valence-electron chi connectivity index (χ3n) is 3.33. The number of anilines is 1. The average molecular weight is 398 g/mol. The van der Waals surface area contributed by atoms with Crippen LogP contribution in [0.5, 0.6) is 5.75 Å². The van der Waals surface area contributed by atoms with E-state index in [0.717, 1.165) is 12.3 Å². The smallest absolute Gasteiger partial charge is 0.244 e. The molecule has 0 fully saturated rings. The Bertz CT molecular complexity index is 1000. The van der Waals surface area contributed by atoms with Gasteiger partial charge in [0.1, 0.15) is 10.6 Å². The summed E-state index contributed by atoms with van der Waals surface area (Å²) in [5, 5.41) is 2.54. The second-order valence-electron chi connectivity index (χ2n) is 5.32. The van der Waals surface area contributed by atoms with Gasteiger partial charge in [-0.25, -0.2) is 21.6 Å². The van der Waals surface area contributed by atoms with Crippen LogP contribution in [-0.4, -0.2) is 42.7 Å². The van der Waals surface area contributed by atoms with Crippen molar-refractivity contribution in [2.75, 3.05) is 25.2 Å². The molecule has 10 heteroatoms. The standard InChI is InChI=1S/C16H18N2O6S2/c1-24-14-9-8-13(25(2,20)21)10-15(14)26(22,23)17-11-16(19)18-12-6-4-3-5-7-12/h3-10,17H,11H2,1-2H3,(H,18,19). The highest BCUT2D eigenvalue weighted by molar-refractivity contribution is 7.91. The quantitative estimate of drug-likeness (QED) is 0.719. The summed E-state index contributed by atoms with van der Waals surface area (Å²) in [6.45, 7) is -0.524. The number of sulfone groups is 1. The fraction of sp³-hybridized carbons (Fsp3) is 0.188. The molecular weight excluding hydrogens is 380 g/mol. The first-order valence-electron chi connectivity index (χ1n) is 7.36. The topological polar surface area (TPSA) is 119 Å². The van der Waals surface area contributed by atoms with Crippen molar-refractivity contribution in [3.05, 3.63) is 48.5 Å². The van der Waals surface area contributed by atoms with E-state index in [-0.39, 0.29) is 15.5 Å². The van der Waals surface area contributed by atoms with Gasteiger partial charge in [-0.05, 0) is 30.3 Å². The van der Waals surface area contributed by atoms with Gasteiger partial charge in [0.25, 0.3) is 0 Å². The van der Waals surface area contributed by atoms with Crippen LogP contribution in [0.25, 0.3) is 0 Å². The van der Waals surface area contributed by atoms with Crippen LogP contribution in [0.3, 0.4) is 0 Å². The normalized spacial score (nSPS) is 11.8. The van der Waals surface area contributed by atoms with E-state index < -0.39 is 32.3 Å². The summed E-state index contributed by atoms with van der Waals surface area (Å²) in [6.07, 6.45) is 0.964. The highest BCUT2D eigenvalue weighted by Gasteiger charge is 2.23. The Hall–Kier alpha value is -2.43. The maximum Gasteiger partial charge on any atom is 0.244 e. The summed E-state index contributed by atoms with van der Waals surface area (Å²) < 4.78 is 55.4. The Labute approximate surface area is 152 Å². The van der Waals surface area contributed by atoms with Crippen molar-refractivity contribution in [1.82, 2.24) is 4.72 Å². The number of sulfonamides is 1. The zero-order chi connectivity index (χ0) is 19.4. The number of carbonyl (C=O) groups is 1. The molecule has 0 bridgehead atoms. The van der Waals surface area contributed by atoms with Crippen LogP contribution in [0.1, 0.15) is 0 Å².